The van der Waals surface area contributed by atoms with E-state index in [0.29, 0.717) is 6.42 Å². The molecule has 0 N–H and O–H groups in total. The van der Waals surface area contributed by atoms with Gasteiger partial charge in [0.15, 0.2) is 0 Å². The van der Waals surface area contributed by atoms with E-state index >= 15 is 0 Å². The molecule has 1 aromatic rings. The number of nitrogens with zero attached hydrogens (tertiary/aromatic N) is 2. The molecule has 0 atom stereocenters. The second-order valence-corrected chi connectivity index (χ2v) is 4.92. The van der Waals surface area contributed by atoms with Crippen molar-refractivity contribution in [2.75, 3.05) is 13.1 Å². The van der Waals surface area contributed by atoms with Gasteiger partial charge >= 0.3 is 0 Å². The van der Waals surface area contributed by atoms with Crippen LogP contribution in [0.25, 0.3) is 0 Å². The van der Waals surface area contributed by atoms with Gasteiger partial charge in [-0.2, -0.15) is 5.26 Å². The standard InChI is InChI=1S/C10H13BrN2S/c1-2-13(5-3-4-12)7-10-6-9(11)8-14-10/h6,8H,2-3,5,7H2,1H3. The van der Waals surface area contributed by atoms with Crippen molar-refractivity contribution in [2.45, 2.75) is 19.9 Å². The molecule has 0 saturated heterocycles. The van der Waals surface area contributed by atoms with E-state index in [9.17, 15) is 0 Å². The second-order valence-electron chi connectivity index (χ2n) is 3.01. The van der Waals surface area contributed by atoms with Gasteiger partial charge in [-0.25, -0.2) is 0 Å². The lowest BCUT2D eigenvalue weighted by molar-refractivity contribution is 0.289. The van der Waals surface area contributed by atoms with Gasteiger partial charge in [-0.05, 0) is 28.5 Å². The van der Waals surface area contributed by atoms with E-state index < -0.39 is 0 Å². The van der Waals surface area contributed by atoms with Crippen LogP contribution in [-0.2, 0) is 6.54 Å². The lowest BCUT2D eigenvalue weighted by Crippen LogP contribution is -2.23. The fourth-order valence-electron chi connectivity index (χ4n) is 1.21. The van der Waals surface area contributed by atoms with Crippen molar-refractivity contribution in [1.82, 2.24) is 4.90 Å². The van der Waals surface area contributed by atoms with Crippen LogP contribution in [0.15, 0.2) is 15.9 Å². The first-order valence-electron chi connectivity index (χ1n) is 4.58. The van der Waals surface area contributed by atoms with E-state index in [-0.39, 0.29) is 0 Å². The zero-order chi connectivity index (χ0) is 10.4. The summed E-state index contributed by atoms with van der Waals surface area (Å²) in [6.45, 7) is 4.94. The van der Waals surface area contributed by atoms with Gasteiger partial charge in [0.05, 0.1) is 6.07 Å². The molecule has 0 fully saturated rings. The number of rotatable bonds is 5. The van der Waals surface area contributed by atoms with E-state index in [4.69, 9.17) is 5.26 Å². The molecule has 0 amide bonds. The van der Waals surface area contributed by atoms with E-state index in [1.807, 2.05) is 0 Å². The van der Waals surface area contributed by atoms with Gasteiger partial charge in [0.1, 0.15) is 0 Å². The van der Waals surface area contributed by atoms with Crippen LogP contribution in [0, 0.1) is 11.3 Å². The molecular weight excluding hydrogens is 260 g/mol. The van der Waals surface area contributed by atoms with E-state index in [2.05, 4.69) is 45.3 Å². The quantitative estimate of drug-likeness (QED) is 0.823. The van der Waals surface area contributed by atoms with Gasteiger partial charge in [-0.15, -0.1) is 11.3 Å². The summed E-state index contributed by atoms with van der Waals surface area (Å²) in [6, 6.07) is 4.31. The minimum atomic E-state index is 0.611. The van der Waals surface area contributed by atoms with Crippen LogP contribution in [0.3, 0.4) is 0 Å². The molecule has 0 saturated carbocycles. The van der Waals surface area contributed by atoms with Crippen LogP contribution in [-0.4, -0.2) is 18.0 Å². The van der Waals surface area contributed by atoms with Crippen LogP contribution < -0.4 is 0 Å². The molecular formula is C10H13BrN2S. The maximum absolute atomic E-state index is 8.50. The van der Waals surface area contributed by atoms with Gasteiger partial charge in [-0.3, -0.25) is 4.90 Å². The summed E-state index contributed by atoms with van der Waals surface area (Å²) in [4.78, 5) is 3.62. The Morgan fingerprint density at radius 3 is 2.93 bits per heavy atom. The summed E-state index contributed by atoms with van der Waals surface area (Å²) in [5, 5.41) is 10.6. The minimum absolute atomic E-state index is 0.611. The molecule has 1 heterocycles. The Morgan fingerprint density at radius 2 is 2.43 bits per heavy atom. The zero-order valence-corrected chi connectivity index (χ0v) is 10.6. The molecule has 0 aliphatic carbocycles. The van der Waals surface area contributed by atoms with Crippen LogP contribution in [0.5, 0.6) is 0 Å². The molecule has 76 valence electrons. The highest BCUT2D eigenvalue weighted by atomic mass is 79.9. The molecule has 4 heteroatoms. The molecule has 14 heavy (non-hydrogen) atoms. The van der Waals surface area contributed by atoms with E-state index in [1.54, 1.807) is 11.3 Å². The summed E-state index contributed by atoms with van der Waals surface area (Å²) in [5.41, 5.74) is 0. The fraction of sp³-hybridized carbons (Fsp3) is 0.500. The fourth-order valence-corrected chi connectivity index (χ4v) is 2.71. The number of hydrogen-bond donors (Lipinski definition) is 0. The second kappa shape index (κ2) is 6.18. The normalized spacial score (nSPS) is 10.4. The van der Waals surface area contributed by atoms with Gasteiger partial charge in [0.2, 0.25) is 0 Å². The van der Waals surface area contributed by atoms with Crippen molar-refractivity contribution >= 4 is 27.3 Å². The van der Waals surface area contributed by atoms with Crippen molar-refractivity contribution in [3.63, 3.8) is 0 Å². The van der Waals surface area contributed by atoms with Crippen molar-refractivity contribution < 1.29 is 0 Å². The molecule has 0 aliphatic heterocycles. The lowest BCUT2D eigenvalue weighted by Gasteiger charge is -2.17. The average Bonchev–Trinajstić information content (AvgIpc) is 2.58. The summed E-state index contributed by atoms with van der Waals surface area (Å²) in [7, 11) is 0. The number of hydrogen-bond acceptors (Lipinski definition) is 3. The smallest absolute Gasteiger partial charge is 0.0635 e. The molecule has 0 aromatic carbocycles. The van der Waals surface area contributed by atoms with Crippen LogP contribution >= 0.6 is 27.3 Å². The molecule has 2 nitrogen and oxygen atoms in total. The lowest BCUT2D eigenvalue weighted by atomic mass is 10.3. The molecule has 0 aliphatic rings. The molecule has 0 unspecified atom stereocenters. The Balaban J connectivity index is 2.44. The van der Waals surface area contributed by atoms with Crippen molar-refractivity contribution in [3.05, 3.63) is 20.8 Å². The zero-order valence-electron chi connectivity index (χ0n) is 8.16. The number of halogens is 1. The summed E-state index contributed by atoms with van der Waals surface area (Å²) in [6.07, 6.45) is 0.611. The number of thiophene rings is 1. The molecule has 0 spiro atoms. The van der Waals surface area contributed by atoms with Crippen molar-refractivity contribution in [2.24, 2.45) is 0 Å². The maximum atomic E-state index is 8.50. The number of nitriles is 1. The third kappa shape index (κ3) is 3.79. The topological polar surface area (TPSA) is 27.0 Å². The van der Waals surface area contributed by atoms with Crippen LogP contribution in [0.1, 0.15) is 18.2 Å². The molecule has 0 radical (unpaired) electrons. The Morgan fingerprint density at radius 1 is 1.64 bits per heavy atom. The van der Waals surface area contributed by atoms with Gasteiger partial charge < -0.3 is 0 Å². The van der Waals surface area contributed by atoms with E-state index in [1.165, 1.54) is 4.88 Å². The average molecular weight is 273 g/mol. The highest BCUT2D eigenvalue weighted by Crippen LogP contribution is 2.21. The highest BCUT2D eigenvalue weighted by molar-refractivity contribution is 9.10. The first-order valence-corrected chi connectivity index (χ1v) is 6.25. The van der Waals surface area contributed by atoms with E-state index in [0.717, 1.165) is 24.1 Å². The molecule has 1 aromatic heterocycles. The summed E-state index contributed by atoms with van der Waals surface area (Å²) < 4.78 is 1.15. The summed E-state index contributed by atoms with van der Waals surface area (Å²) >= 11 is 5.19. The first-order chi connectivity index (χ1) is 6.76. The predicted octanol–water partition coefficient (Wildman–Crippen LogP) is 3.25. The third-order valence-electron chi connectivity index (χ3n) is 1.99. The predicted molar refractivity (Wildman–Crippen MR) is 63.2 cm³/mol. The monoisotopic (exact) mass is 272 g/mol. The SMILES string of the molecule is CCN(CCC#N)Cc1cc(Br)cs1. The van der Waals surface area contributed by atoms with Crippen LogP contribution in [0.4, 0.5) is 0 Å². The van der Waals surface area contributed by atoms with Gasteiger partial charge in [0.25, 0.3) is 0 Å². The minimum Gasteiger partial charge on any atom is -0.298 e. The highest BCUT2D eigenvalue weighted by Gasteiger charge is 2.04. The Kier molecular flexibility index (Phi) is 5.16. The summed E-state index contributed by atoms with van der Waals surface area (Å²) in [5.74, 6) is 0. The Hall–Kier alpha value is -0.370. The maximum Gasteiger partial charge on any atom is 0.0635 e. The molecule has 1 rings (SSSR count). The Labute approximate surface area is 97.3 Å². The van der Waals surface area contributed by atoms with Crippen molar-refractivity contribution in [3.8, 4) is 6.07 Å². The third-order valence-corrected chi connectivity index (χ3v) is 3.67. The van der Waals surface area contributed by atoms with Gasteiger partial charge in [-0.1, -0.05) is 6.92 Å². The van der Waals surface area contributed by atoms with Crippen LogP contribution in [0.2, 0.25) is 0 Å². The van der Waals surface area contributed by atoms with Gasteiger partial charge in [0, 0.05) is 34.2 Å². The first kappa shape index (κ1) is 11.7. The van der Waals surface area contributed by atoms with Crippen molar-refractivity contribution in [1.29, 1.82) is 5.26 Å². The Bertz CT molecular complexity index is 316. The molecule has 0 bridgehead atoms. The largest absolute Gasteiger partial charge is 0.298 e.